The summed E-state index contributed by atoms with van der Waals surface area (Å²) in [6, 6.07) is 6.56. The minimum atomic E-state index is -0.986. The van der Waals surface area contributed by atoms with Crippen molar-refractivity contribution in [3.63, 3.8) is 0 Å². The van der Waals surface area contributed by atoms with E-state index in [9.17, 15) is 9.59 Å². The summed E-state index contributed by atoms with van der Waals surface area (Å²) in [5, 5.41) is 11.6. The average Bonchev–Trinajstić information content (AvgIpc) is 2.45. The van der Waals surface area contributed by atoms with Gasteiger partial charge in [-0.05, 0) is 37.0 Å². The number of aliphatic carboxylic acids is 1. The van der Waals surface area contributed by atoms with E-state index in [1.165, 1.54) is 5.56 Å². The van der Waals surface area contributed by atoms with Crippen molar-refractivity contribution in [3.05, 3.63) is 35.4 Å². The monoisotopic (exact) mass is 277 g/mol. The molecule has 4 nitrogen and oxygen atoms in total. The van der Waals surface area contributed by atoms with E-state index in [2.05, 4.69) is 12.2 Å². The third kappa shape index (κ3) is 5.03. The van der Waals surface area contributed by atoms with Crippen LogP contribution in [0.5, 0.6) is 0 Å². The van der Waals surface area contributed by atoms with Gasteiger partial charge in [0.15, 0.2) is 0 Å². The number of amides is 1. The van der Waals surface area contributed by atoms with Gasteiger partial charge < -0.3 is 10.4 Å². The molecule has 0 spiro atoms. The average molecular weight is 277 g/mol. The fraction of sp³-hybridized carbons (Fsp3) is 0.500. The van der Waals surface area contributed by atoms with Crippen molar-refractivity contribution in [1.82, 2.24) is 5.32 Å². The summed E-state index contributed by atoms with van der Waals surface area (Å²) >= 11 is 0. The molecule has 110 valence electrons. The third-order valence-electron chi connectivity index (χ3n) is 3.22. The van der Waals surface area contributed by atoms with E-state index in [4.69, 9.17) is 5.11 Å². The lowest BCUT2D eigenvalue weighted by atomic mass is 10.1. The molecule has 0 aromatic heterocycles. The molecule has 1 aromatic carbocycles. The van der Waals surface area contributed by atoms with Crippen LogP contribution in [0.15, 0.2) is 24.3 Å². The fourth-order valence-electron chi connectivity index (χ4n) is 1.99. The molecule has 0 aliphatic carbocycles. The highest BCUT2D eigenvalue weighted by Gasteiger charge is 2.19. The molecule has 0 unspecified atom stereocenters. The number of hydrogen-bond donors (Lipinski definition) is 2. The van der Waals surface area contributed by atoms with E-state index < -0.39 is 12.0 Å². The summed E-state index contributed by atoms with van der Waals surface area (Å²) in [5.41, 5.74) is 1.71. The topological polar surface area (TPSA) is 66.4 Å². The van der Waals surface area contributed by atoms with Crippen LogP contribution < -0.4 is 5.32 Å². The van der Waals surface area contributed by atoms with E-state index in [0.29, 0.717) is 18.4 Å². The fourth-order valence-corrected chi connectivity index (χ4v) is 1.99. The number of carboxylic acid groups (broad SMARTS) is 1. The first-order valence-electron chi connectivity index (χ1n) is 7.21. The largest absolute Gasteiger partial charge is 0.480 e. The van der Waals surface area contributed by atoms with Gasteiger partial charge >= 0.3 is 5.97 Å². The highest BCUT2D eigenvalue weighted by molar-refractivity contribution is 5.96. The van der Waals surface area contributed by atoms with Gasteiger partial charge in [-0.3, -0.25) is 4.79 Å². The predicted octanol–water partition coefficient (Wildman–Crippen LogP) is 3.01. The van der Waals surface area contributed by atoms with Gasteiger partial charge in [-0.25, -0.2) is 4.79 Å². The number of rotatable bonds is 8. The van der Waals surface area contributed by atoms with Crippen LogP contribution in [0.3, 0.4) is 0 Å². The second-order valence-corrected chi connectivity index (χ2v) is 4.95. The Bertz CT molecular complexity index is 440. The summed E-state index contributed by atoms with van der Waals surface area (Å²) in [6.07, 6.45) is 4.43. The van der Waals surface area contributed by atoms with Crippen LogP contribution in [-0.4, -0.2) is 23.0 Å². The van der Waals surface area contributed by atoms with Crippen LogP contribution in [0.2, 0.25) is 0 Å². The number of hydrogen-bond acceptors (Lipinski definition) is 2. The second-order valence-electron chi connectivity index (χ2n) is 4.95. The second kappa shape index (κ2) is 8.35. The van der Waals surface area contributed by atoms with E-state index in [0.717, 1.165) is 19.3 Å². The number of carbonyl (C=O) groups is 2. The Balaban J connectivity index is 2.64. The third-order valence-corrected chi connectivity index (χ3v) is 3.22. The minimum Gasteiger partial charge on any atom is -0.480 e. The first-order valence-corrected chi connectivity index (χ1v) is 7.21. The van der Waals surface area contributed by atoms with Gasteiger partial charge in [-0.2, -0.15) is 0 Å². The van der Waals surface area contributed by atoms with Crippen molar-refractivity contribution in [2.45, 2.75) is 52.0 Å². The maximum Gasteiger partial charge on any atom is 0.326 e. The molecule has 2 N–H and O–H groups in total. The molecule has 0 fully saturated rings. The zero-order chi connectivity index (χ0) is 15.0. The normalized spacial score (nSPS) is 11.9. The van der Waals surface area contributed by atoms with Gasteiger partial charge in [0, 0.05) is 5.56 Å². The van der Waals surface area contributed by atoms with Crippen molar-refractivity contribution in [3.8, 4) is 0 Å². The van der Waals surface area contributed by atoms with Gasteiger partial charge in [-0.1, -0.05) is 38.8 Å². The Kier molecular flexibility index (Phi) is 6.77. The number of carboxylic acids is 1. The predicted molar refractivity (Wildman–Crippen MR) is 78.9 cm³/mol. The minimum absolute atomic E-state index is 0.326. The highest BCUT2D eigenvalue weighted by Crippen LogP contribution is 2.09. The molecule has 4 heteroatoms. The summed E-state index contributed by atoms with van der Waals surface area (Å²) in [4.78, 5) is 23.0. The molecule has 0 saturated heterocycles. The standard InChI is InChI=1S/C16H23NO3/c1-3-5-7-12-8-10-13(11-9-12)15(18)17-14(6-4-2)16(19)20/h8-11,14H,3-7H2,1-2H3,(H,17,18)(H,19,20)/t14-/m1/s1. The van der Waals surface area contributed by atoms with Crippen molar-refractivity contribution in [2.24, 2.45) is 0 Å². The molecule has 0 aliphatic rings. The quantitative estimate of drug-likeness (QED) is 0.767. The summed E-state index contributed by atoms with van der Waals surface area (Å²) in [5.74, 6) is -1.31. The molecular formula is C16H23NO3. The maximum absolute atomic E-state index is 12.0. The van der Waals surface area contributed by atoms with Gasteiger partial charge in [0.25, 0.3) is 5.91 Å². The van der Waals surface area contributed by atoms with Crippen LogP contribution in [0.25, 0.3) is 0 Å². The van der Waals surface area contributed by atoms with E-state index in [1.807, 2.05) is 19.1 Å². The van der Waals surface area contributed by atoms with Crippen molar-refractivity contribution in [2.75, 3.05) is 0 Å². The number of aryl methyl sites for hydroxylation is 1. The first kappa shape index (κ1) is 16.2. The van der Waals surface area contributed by atoms with Crippen LogP contribution in [-0.2, 0) is 11.2 Å². The molecule has 20 heavy (non-hydrogen) atoms. The molecule has 0 aliphatic heterocycles. The van der Waals surface area contributed by atoms with Crippen molar-refractivity contribution >= 4 is 11.9 Å². The van der Waals surface area contributed by atoms with Crippen LogP contribution in [0, 0.1) is 0 Å². The van der Waals surface area contributed by atoms with Gasteiger partial charge in [0.2, 0.25) is 0 Å². The Morgan fingerprint density at radius 2 is 1.80 bits per heavy atom. The zero-order valence-electron chi connectivity index (χ0n) is 12.2. The number of nitrogens with one attached hydrogen (secondary N) is 1. The molecule has 1 atom stereocenters. The summed E-state index contributed by atoms with van der Waals surface area (Å²) in [6.45, 7) is 4.03. The molecule has 0 bridgehead atoms. The van der Waals surface area contributed by atoms with Crippen LogP contribution >= 0.6 is 0 Å². The lowest BCUT2D eigenvalue weighted by Crippen LogP contribution is -2.40. The Hall–Kier alpha value is -1.84. The van der Waals surface area contributed by atoms with E-state index in [1.54, 1.807) is 12.1 Å². The summed E-state index contributed by atoms with van der Waals surface area (Å²) < 4.78 is 0. The van der Waals surface area contributed by atoms with E-state index >= 15 is 0 Å². The lowest BCUT2D eigenvalue weighted by Gasteiger charge is -2.13. The van der Waals surface area contributed by atoms with Crippen molar-refractivity contribution in [1.29, 1.82) is 0 Å². The Labute approximate surface area is 120 Å². The highest BCUT2D eigenvalue weighted by atomic mass is 16.4. The van der Waals surface area contributed by atoms with Crippen molar-refractivity contribution < 1.29 is 14.7 Å². The van der Waals surface area contributed by atoms with Crippen LogP contribution in [0.1, 0.15) is 55.5 Å². The smallest absolute Gasteiger partial charge is 0.326 e. The maximum atomic E-state index is 12.0. The number of benzene rings is 1. The lowest BCUT2D eigenvalue weighted by molar-refractivity contribution is -0.139. The van der Waals surface area contributed by atoms with E-state index in [-0.39, 0.29) is 5.91 Å². The first-order chi connectivity index (χ1) is 9.58. The molecule has 1 rings (SSSR count). The van der Waals surface area contributed by atoms with Crippen LogP contribution in [0.4, 0.5) is 0 Å². The summed E-state index contributed by atoms with van der Waals surface area (Å²) in [7, 11) is 0. The SMILES string of the molecule is CCCCc1ccc(C(=O)N[C@H](CCC)C(=O)O)cc1. The zero-order valence-corrected chi connectivity index (χ0v) is 12.2. The van der Waals surface area contributed by atoms with Gasteiger partial charge in [-0.15, -0.1) is 0 Å². The Morgan fingerprint density at radius 3 is 2.30 bits per heavy atom. The van der Waals surface area contributed by atoms with Gasteiger partial charge in [0.1, 0.15) is 6.04 Å². The number of unbranched alkanes of at least 4 members (excludes halogenated alkanes) is 1. The van der Waals surface area contributed by atoms with Gasteiger partial charge in [0.05, 0.1) is 0 Å². The number of carbonyl (C=O) groups excluding carboxylic acids is 1. The molecule has 1 amide bonds. The molecule has 0 heterocycles. The molecule has 0 saturated carbocycles. The molecule has 1 aromatic rings. The Morgan fingerprint density at radius 1 is 1.15 bits per heavy atom. The molecule has 0 radical (unpaired) electrons. The molecular weight excluding hydrogens is 254 g/mol.